The molecule has 1 heterocycles. The van der Waals surface area contributed by atoms with Gasteiger partial charge < -0.3 is 25.1 Å². The molecular formula is C21H34N4O3. The Balaban J connectivity index is 2.06. The fourth-order valence-corrected chi connectivity index (χ4v) is 2.84. The lowest BCUT2D eigenvalue weighted by Crippen LogP contribution is -2.33. The van der Waals surface area contributed by atoms with Crippen LogP contribution < -0.4 is 11.1 Å². The Morgan fingerprint density at radius 1 is 1.32 bits per heavy atom. The van der Waals surface area contributed by atoms with Crippen LogP contribution >= 0.6 is 0 Å². The highest BCUT2D eigenvalue weighted by Crippen LogP contribution is 2.21. The molecule has 0 aliphatic heterocycles. The molecule has 2 aromatic rings. The first kappa shape index (κ1) is 22.2. The molecule has 2 rings (SSSR count). The second-order valence-electron chi connectivity index (χ2n) is 8.34. The SMILES string of the molecule is CC(C)CCOCn1c(CN)nc2c(CCNC(=O)OC(C)(C)C)cccc21. The Kier molecular flexibility index (Phi) is 7.83. The zero-order chi connectivity index (χ0) is 20.7. The van der Waals surface area contributed by atoms with Gasteiger partial charge in [0.1, 0.15) is 18.2 Å². The van der Waals surface area contributed by atoms with Crippen LogP contribution in [0.25, 0.3) is 11.0 Å². The number of nitrogens with zero attached hydrogens (tertiary/aromatic N) is 2. The smallest absolute Gasteiger partial charge is 0.407 e. The van der Waals surface area contributed by atoms with Crippen molar-refractivity contribution in [1.82, 2.24) is 14.9 Å². The highest BCUT2D eigenvalue weighted by molar-refractivity contribution is 5.80. The molecule has 0 saturated carbocycles. The second-order valence-corrected chi connectivity index (χ2v) is 8.34. The van der Waals surface area contributed by atoms with Crippen molar-refractivity contribution in [3.8, 4) is 0 Å². The first-order valence-electron chi connectivity index (χ1n) is 9.93. The largest absolute Gasteiger partial charge is 0.444 e. The van der Waals surface area contributed by atoms with Gasteiger partial charge in [0.2, 0.25) is 0 Å². The molecule has 0 unspecified atom stereocenters. The van der Waals surface area contributed by atoms with E-state index in [9.17, 15) is 4.79 Å². The molecule has 0 saturated heterocycles. The topological polar surface area (TPSA) is 91.4 Å². The second kappa shape index (κ2) is 9.89. The molecule has 7 heteroatoms. The number of rotatable bonds is 9. The summed E-state index contributed by atoms with van der Waals surface area (Å²) < 4.78 is 13.1. The molecule has 156 valence electrons. The molecule has 0 aliphatic carbocycles. The van der Waals surface area contributed by atoms with Gasteiger partial charge >= 0.3 is 6.09 Å². The van der Waals surface area contributed by atoms with E-state index in [4.69, 9.17) is 20.2 Å². The highest BCUT2D eigenvalue weighted by Gasteiger charge is 2.16. The van der Waals surface area contributed by atoms with Crippen molar-refractivity contribution in [3.63, 3.8) is 0 Å². The van der Waals surface area contributed by atoms with Crippen molar-refractivity contribution < 1.29 is 14.3 Å². The number of amides is 1. The number of benzene rings is 1. The molecule has 1 amide bonds. The Morgan fingerprint density at radius 3 is 2.71 bits per heavy atom. The zero-order valence-electron chi connectivity index (χ0n) is 17.7. The van der Waals surface area contributed by atoms with Gasteiger partial charge in [-0.15, -0.1) is 0 Å². The van der Waals surface area contributed by atoms with E-state index in [1.807, 2.05) is 43.5 Å². The summed E-state index contributed by atoms with van der Waals surface area (Å²) in [5, 5.41) is 2.80. The summed E-state index contributed by atoms with van der Waals surface area (Å²) in [6.07, 6.45) is 1.27. The van der Waals surface area contributed by atoms with Gasteiger partial charge in [-0.1, -0.05) is 26.0 Å². The van der Waals surface area contributed by atoms with E-state index in [1.165, 1.54) is 0 Å². The predicted molar refractivity (Wildman–Crippen MR) is 111 cm³/mol. The quantitative estimate of drug-likeness (QED) is 0.639. The number of fused-ring (bicyclic) bond motifs is 1. The highest BCUT2D eigenvalue weighted by atomic mass is 16.6. The van der Waals surface area contributed by atoms with Gasteiger partial charge in [0.05, 0.1) is 17.6 Å². The van der Waals surface area contributed by atoms with Crippen LogP contribution in [-0.4, -0.2) is 34.4 Å². The van der Waals surface area contributed by atoms with Gasteiger partial charge in [-0.2, -0.15) is 0 Å². The number of carbonyl (C=O) groups excluding carboxylic acids is 1. The minimum Gasteiger partial charge on any atom is -0.444 e. The summed E-state index contributed by atoms with van der Waals surface area (Å²) in [7, 11) is 0. The van der Waals surface area contributed by atoms with Crippen molar-refractivity contribution in [1.29, 1.82) is 0 Å². The number of hydrogen-bond acceptors (Lipinski definition) is 5. The number of para-hydroxylation sites is 1. The fraction of sp³-hybridized carbons (Fsp3) is 0.619. The van der Waals surface area contributed by atoms with Crippen LogP contribution in [0.2, 0.25) is 0 Å². The molecule has 0 aliphatic rings. The van der Waals surface area contributed by atoms with Crippen LogP contribution in [0.5, 0.6) is 0 Å². The number of hydrogen-bond donors (Lipinski definition) is 2. The third-order valence-electron chi connectivity index (χ3n) is 4.25. The van der Waals surface area contributed by atoms with E-state index in [0.717, 1.165) is 28.8 Å². The van der Waals surface area contributed by atoms with Crippen molar-refractivity contribution in [2.75, 3.05) is 13.2 Å². The molecule has 0 radical (unpaired) electrons. The van der Waals surface area contributed by atoms with E-state index in [1.54, 1.807) is 0 Å². The lowest BCUT2D eigenvalue weighted by atomic mass is 10.1. The number of nitrogens with two attached hydrogens (primary N) is 1. The van der Waals surface area contributed by atoms with Crippen LogP contribution in [-0.2, 0) is 29.2 Å². The maximum absolute atomic E-state index is 11.8. The van der Waals surface area contributed by atoms with Crippen molar-refractivity contribution >= 4 is 17.1 Å². The maximum Gasteiger partial charge on any atom is 0.407 e. The number of carbonyl (C=O) groups is 1. The third kappa shape index (κ3) is 6.49. The predicted octanol–water partition coefficient (Wildman–Crippen LogP) is 3.58. The molecule has 1 aromatic carbocycles. The van der Waals surface area contributed by atoms with Gasteiger partial charge in [-0.05, 0) is 51.2 Å². The summed E-state index contributed by atoms with van der Waals surface area (Å²) in [4.78, 5) is 16.5. The zero-order valence-corrected chi connectivity index (χ0v) is 17.7. The molecule has 0 fully saturated rings. The molecule has 3 N–H and O–H groups in total. The summed E-state index contributed by atoms with van der Waals surface area (Å²) in [6, 6.07) is 6.05. The van der Waals surface area contributed by atoms with E-state index in [0.29, 0.717) is 38.8 Å². The van der Waals surface area contributed by atoms with Gasteiger partial charge in [0.15, 0.2) is 0 Å². The molecule has 0 atom stereocenters. The number of nitrogens with one attached hydrogen (secondary N) is 1. The van der Waals surface area contributed by atoms with E-state index in [2.05, 4.69) is 19.2 Å². The molecular weight excluding hydrogens is 356 g/mol. The number of ether oxygens (including phenoxy) is 2. The Hall–Kier alpha value is -2.12. The number of aromatic nitrogens is 2. The van der Waals surface area contributed by atoms with Crippen LogP contribution in [0.3, 0.4) is 0 Å². The molecule has 28 heavy (non-hydrogen) atoms. The summed E-state index contributed by atoms with van der Waals surface area (Å²) in [5.41, 5.74) is 8.36. The summed E-state index contributed by atoms with van der Waals surface area (Å²) in [6.45, 7) is 11.9. The summed E-state index contributed by atoms with van der Waals surface area (Å²) in [5.74, 6) is 1.41. The van der Waals surface area contributed by atoms with Crippen LogP contribution in [0.15, 0.2) is 18.2 Å². The molecule has 0 bridgehead atoms. The Bertz CT molecular complexity index is 778. The van der Waals surface area contributed by atoms with Gasteiger partial charge in [0, 0.05) is 13.2 Å². The van der Waals surface area contributed by atoms with Gasteiger partial charge in [-0.25, -0.2) is 9.78 Å². The van der Waals surface area contributed by atoms with Gasteiger partial charge in [0.25, 0.3) is 0 Å². The van der Waals surface area contributed by atoms with Crippen molar-refractivity contribution in [2.24, 2.45) is 11.7 Å². The van der Waals surface area contributed by atoms with E-state index >= 15 is 0 Å². The Labute approximate surface area is 167 Å². The average Bonchev–Trinajstić information content (AvgIpc) is 2.95. The van der Waals surface area contributed by atoms with Crippen molar-refractivity contribution in [2.45, 2.75) is 66.3 Å². The number of alkyl carbamates (subject to hydrolysis) is 1. The third-order valence-corrected chi connectivity index (χ3v) is 4.25. The lowest BCUT2D eigenvalue weighted by molar-refractivity contribution is 0.0528. The fourth-order valence-electron chi connectivity index (χ4n) is 2.84. The first-order chi connectivity index (χ1) is 13.2. The average molecular weight is 391 g/mol. The van der Waals surface area contributed by atoms with Crippen LogP contribution in [0, 0.1) is 5.92 Å². The first-order valence-corrected chi connectivity index (χ1v) is 9.93. The molecule has 1 aromatic heterocycles. The van der Waals surface area contributed by atoms with Crippen LogP contribution in [0.4, 0.5) is 4.79 Å². The normalized spacial score (nSPS) is 12.0. The standard InChI is InChI=1S/C21H34N4O3/c1-15(2)10-12-27-14-25-17-8-6-7-16(19(17)24-18(25)13-22)9-11-23-20(26)28-21(3,4)5/h6-8,15H,9-14,22H2,1-5H3,(H,23,26). The monoisotopic (exact) mass is 390 g/mol. The van der Waals surface area contributed by atoms with E-state index in [-0.39, 0.29) is 0 Å². The molecule has 0 spiro atoms. The van der Waals surface area contributed by atoms with Crippen LogP contribution in [0.1, 0.15) is 52.4 Å². The van der Waals surface area contributed by atoms with E-state index < -0.39 is 11.7 Å². The Morgan fingerprint density at radius 2 is 2.07 bits per heavy atom. The van der Waals surface area contributed by atoms with Gasteiger partial charge in [-0.3, -0.25) is 0 Å². The summed E-state index contributed by atoms with van der Waals surface area (Å²) >= 11 is 0. The maximum atomic E-state index is 11.8. The molecule has 7 nitrogen and oxygen atoms in total. The minimum atomic E-state index is -0.505. The lowest BCUT2D eigenvalue weighted by Gasteiger charge is -2.19. The minimum absolute atomic E-state index is 0.345. The van der Waals surface area contributed by atoms with Crippen molar-refractivity contribution in [3.05, 3.63) is 29.6 Å². The number of imidazole rings is 1.